The molecule has 0 saturated heterocycles. The fraction of sp³-hybridized carbons (Fsp3) is 0.211. The van der Waals surface area contributed by atoms with Crippen molar-refractivity contribution in [1.29, 1.82) is 5.26 Å². The lowest BCUT2D eigenvalue weighted by atomic mass is 9.80. The monoisotopic (exact) mass is 360 g/mol. The molecule has 4 nitrogen and oxygen atoms in total. The van der Waals surface area contributed by atoms with E-state index in [4.69, 9.17) is 0 Å². The highest BCUT2D eigenvalue weighted by Gasteiger charge is 2.33. The summed E-state index contributed by atoms with van der Waals surface area (Å²) in [6, 6.07) is 14.0. The Kier molecular flexibility index (Phi) is 5.46. The Morgan fingerprint density at radius 2 is 1.54 bits per heavy atom. The van der Waals surface area contributed by atoms with E-state index >= 15 is 0 Å². The Morgan fingerprint density at radius 3 is 2.04 bits per heavy atom. The van der Waals surface area contributed by atoms with Crippen LogP contribution in [0.4, 0.5) is 13.2 Å². The first-order valence-corrected chi connectivity index (χ1v) is 7.64. The maximum Gasteiger partial charge on any atom is 0.416 e. The van der Waals surface area contributed by atoms with Crippen LogP contribution in [0.3, 0.4) is 0 Å². The van der Waals surface area contributed by atoms with Gasteiger partial charge >= 0.3 is 6.18 Å². The van der Waals surface area contributed by atoms with Crippen LogP contribution in [0.15, 0.2) is 54.6 Å². The van der Waals surface area contributed by atoms with Crippen molar-refractivity contribution in [2.24, 2.45) is 0 Å². The molecule has 1 unspecified atom stereocenters. The Labute approximate surface area is 148 Å². The van der Waals surface area contributed by atoms with Crippen LogP contribution < -0.4 is 5.32 Å². The fourth-order valence-electron chi connectivity index (χ4n) is 2.39. The van der Waals surface area contributed by atoms with Crippen LogP contribution in [-0.2, 0) is 16.4 Å². The molecule has 0 heterocycles. The molecule has 0 bridgehead atoms. The molecule has 26 heavy (non-hydrogen) atoms. The Morgan fingerprint density at radius 1 is 1.00 bits per heavy atom. The van der Waals surface area contributed by atoms with E-state index in [-0.39, 0.29) is 17.5 Å². The van der Waals surface area contributed by atoms with Crippen LogP contribution >= 0.6 is 0 Å². The van der Waals surface area contributed by atoms with Crippen molar-refractivity contribution in [2.45, 2.75) is 24.9 Å². The van der Waals surface area contributed by atoms with E-state index in [0.717, 1.165) is 12.1 Å². The van der Waals surface area contributed by atoms with Crippen LogP contribution in [0.2, 0.25) is 0 Å². The first-order chi connectivity index (χ1) is 12.2. The van der Waals surface area contributed by atoms with E-state index in [1.54, 1.807) is 18.2 Å². The minimum absolute atomic E-state index is 0.260. The summed E-state index contributed by atoms with van der Waals surface area (Å²) in [6.07, 6.45) is -4.85. The average Bonchev–Trinajstić information content (AvgIpc) is 2.61. The molecule has 0 aliphatic heterocycles. The summed E-state index contributed by atoms with van der Waals surface area (Å²) in [5.74, 6) is -1.30. The lowest BCUT2D eigenvalue weighted by Crippen LogP contribution is -2.35. The van der Waals surface area contributed by atoms with Gasteiger partial charge in [0.15, 0.2) is 0 Å². The predicted molar refractivity (Wildman–Crippen MR) is 87.9 cm³/mol. The molecule has 2 aromatic rings. The lowest BCUT2D eigenvalue weighted by Gasteiger charge is -2.22. The topological polar surface area (TPSA) is 70.0 Å². The number of carbonyl (C=O) groups is 2. The molecule has 1 N–H and O–H groups in total. The zero-order valence-corrected chi connectivity index (χ0v) is 13.8. The minimum Gasteiger partial charge on any atom is -0.292 e. The van der Waals surface area contributed by atoms with Crippen molar-refractivity contribution in [3.63, 3.8) is 0 Å². The quantitative estimate of drug-likeness (QED) is 0.901. The maximum absolute atomic E-state index is 12.6. The molecule has 2 aromatic carbocycles. The van der Waals surface area contributed by atoms with E-state index in [1.165, 1.54) is 31.2 Å². The summed E-state index contributed by atoms with van der Waals surface area (Å²) in [5, 5.41) is 11.6. The summed E-state index contributed by atoms with van der Waals surface area (Å²) in [7, 11) is 0. The maximum atomic E-state index is 12.6. The number of nitrogens with zero attached hydrogens (tertiary/aromatic N) is 1. The number of benzene rings is 2. The number of nitriles is 1. The second-order valence-electron chi connectivity index (χ2n) is 5.94. The number of amides is 2. The van der Waals surface area contributed by atoms with Crippen molar-refractivity contribution in [3.8, 4) is 6.07 Å². The number of rotatable bonds is 4. The SMILES string of the molecule is CC(C#N)(CC(=O)NC(=O)c1ccccc1)c1ccc(C(F)(F)F)cc1. The van der Waals surface area contributed by atoms with Gasteiger partial charge < -0.3 is 0 Å². The molecule has 2 amide bonds. The van der Waals surface area contributed by atoms with Crippen molar-refractivity contribution in [2.75, 3.05) is 0 Å². The molecule has 0 aliphatic carbocycles. The number of nitrogens with one attached hydrogen (secondary N) is 1. The van der Waals surface area contributed by atoms with Gasteiger partial charge in [0.2, 0.25) is 5.91 Å². The van der Waals surface area contributed by atoms with Crippen LogP contribution in [0.5, 0.6) is 0 Å². The van der Waals surface area contributed by atoms with Crippen LogP contribution in [0.25, 0.3) is 0 Å². The molecule has 0 spiro atoms. The number of carbonyl (C=O) groups excluding carboxylic acids is 2. The van der Waals surface area contributed by atoms with Crippen molar-refractivity contribution < 1.29 is 22.8 Å². The van der Waals surface area contributed by atoms with Gasteiger partial charge in [-0.05, 0) is 36.8 Å². The number of halogens is 3. The number of alkyl halides is 3. The minimum atomic E-state index is -4.49. The third-order valence-electron chi connectivity index (χ3n) is 3.90. The summed E-state index contributed by atoms with van der Waals surface area (Å²) in [4.78, 5) is 24.1. The van der Waals surface area contributed by atoms with Crippen LogP contribution in [0.1, 0.15) is 34.8 Å². The number of hydrogen-bond donors (Lipinski definition) is 1. The van der Waals surface area contributed by atoms with Crippen LogP contribution in [0, 0.1) is 11.3 Å². The molecule has 0 aromatic heterocycles. The highest BCUT2D eigenvalue weighted by molar-refractivity contribution is 6.04. The Bertz CT molecular complexity index is 840. The van der Waals surface area contributed by atoms with Gasteiger partial charge in [-0.2, -0.15) is 18.4 Å². The standard InChI is InChI=1S/C19H15F3N2O2/c1-18(12-23,14-7-9-15(10-8-14)19(20,21)22)11-16(25)24-17(26)13-5-3-2-4-6-13/h2-10H,11H2,1H3,(H,24,25,26). The molecule has 1 atom stereocenters. The van der Waals surface area contributed by atoms with E-state index in [2.05, 4.69) is 5.32 Å². The van der Waals surface area contributed by atoms with Gasteiger partial charge in [0.05, 0.1) is 17.0 Å². The second-order valence-corrected chi connectivity index (χ2v) is 5.94. The molecular formula is C19H15F3N2O2. The molecule has 2 rings (SSSR count). The normalized spacial score (nSPS) is 13.3. The summed E-state index contributed by atoms with van der Waals surface area (Å²) in [5.41, 5.74) is -1.67. The van der Waals surface area contributed by atoms with Gasteiger partial charge in [-0.15, -0.1) is 0 Å². The lowest BCUT2D eigenvalue weighted by molar-refractivity contribution is -0.137. The summed E-state index contributed by atoms with van der Waals surface area (Å²) < 4.78 is 37.9. The van der Waals surface area contributed by atoms with E-state index < -0.39 is 29.0 Å². The molecule has 0 fully saturated rings. The van der Waals surface area contributed by atoms with E-state index in [9.17, 15) is 28.0 Å². The molecule has 0 radical (unpaired) electrons. The Hall–Kier alpha value is -3.14. The molecule has 0 saturated carbocycles. The highest BCUT2D eigenvalue weighted by Crippen LogP contribution is 2.32. The zero-order valence-electron chi connectivity index (χ0n) is 13.8. The van der Waals surface area contributed by atoms with Crippen molar-refractivity contribution in [3.05, 3.63) is 71.3 Å². The largest absolute Gasteiger partial charge is 0.416 e. The van der Waals surface area contributed by atoms with Gasteiger partial charge in [-0.25, -0.2) is 0 Å². The van der Waals surface area contributed by atoms with Gasteiger partial charge in [0, 0.05) is 12.0 Å². The third-order valence-corrected chi connectivity index (χ3v) is 3.90. The van der Waals surface area contributed by atoms with Crippen molar-refractivity contribution >= 4 is 11.8 Å². The van der Waals surface area contributed by atoms with Gasteiger partial charge in [-0.1, -0.05) is 30.3 Å². The summed E-state index contributed by atoms with van der Waals surface area (Å²) >= 11 is 0. The zero-order chi connectivity index (χ0) is 19.4. The fourth-order valence-corrected chi connectivity index (χ4v) is 2.39. The summed E-state index contributed by atoms with van der Waals surface area (Å²) in [6.45, 7) is 1.43. The highest BCUT2D eigenvalue weighted by atomic mass is 19.4. The Balaban J connectivity index is 2.13. The third kappa shape index (κ3) is 4.48. The molecule has 7 heteroatoms. The molecule has 134 valence electrons. The van der Waals surface area contributed by atoms with E-state index in [0.29, 0.717) is 0 Å². The molecule has 0 aliphatic rings. The smallest absolute Gasteiger partial charge is 0.292 e. The average molecular weight is 360 g/mol. The molecular weight excluding hydrogens is 345 g/mol. The van der Waals surface area contributed by atoms with E-state index in [1.807, 2.05) is 6.07 Å². The second kappa shape index (κ2) is 7.40. The number of hydrogen-bond acceptors (Lipinski definition) is 3. The van der Waals surface area contributed by atoms with Gasteiger partial charge in [0.25, 0.3) is 5.91 Å². The first kappa shape index (κ1) is 19.2. The first-order valence-electron chi connectivity index (χ1n) is 7.64. The van der Waals surface area contributed by atoms with Gasteiger partial charge in [-0.3, -0.25) is 14.9 Å². The van der Waals surface area contributed by atoms with Crippen molar-refractivity contribution in [1.82, 2.24) is 5.32 Å². The van der Waals surface area contributed by atoms with Crippen LogP contribution in [-0.4, -0.2) is 11.8 Å². The van der Waals surface area contributed by atoms with Gasteiger partial charge in [0.1, 0.15) is 0 Å². The predicted octanol–water partition coefficient (Wildman–Crippen LogP) is 3.83. The number of imide groups is 1.